The molecule has 0 unspecified atom stereocenters. The predicted octanol–water partition coefficient (Wildman–Crippen LogP) is 2.17. The SMILES string of the molecule is C[C@@H](NCC(C)(C)O)c1cccs1. The number of thiophene rings is 1. The van der Waals surface area contributed by atoms with E-state index < -0.39 is 5.60 Å². The van der Waals surface area contributed by atoms with Crippen molar-refractivity contribution in [2.45, 2.75) is 32.4 Å². The van der Waals surface area contributed by atoms with E-state index in [1.54, 1.807) is 25.2 Å². The summed E-state index contributed by atoms with van der Waals surface area (Å²) in [6, 6.07) is 4.47. The van der Waals surface area contributed by atoms with Gasteiger partial charge in [0.25, 0.3) is 0 Å². The first-order chi connectivity index (χ1) is 5.99. The molecule has 1 atom stereocenters. The number of rotatable bonds is 4. The normalized spacial score (nSPS) is 14.5. The van der Waals surface area contributed by atoms with Crippen LogP contribution < -0.4 is 5.32 Å². The van der Waals surface area contributed by atoms with E-state index in [1.807, 2.05) is 6.07 Å². The lowest BCUT2D eigenvalue weighted by atomic mass is 10.1. The van der Waals surface area contributed by atoms with Gasteiger partial charge in [-0.2, -0.15) is 0 Å². The van der Waals surface area contributed by atoms with Crippen molar-refractivity contribution >= 4 is 11.3 Å². The Hall–Kier alpha value is -0.380. The first kappa shape index (κ1) is 10.7. The number of hydrogen-bond donors (Lipinski definition) is 2. The van der Waals surface area contributed by atoms with Gasteiger partial charge in [0.05, 0.1) is 5.60 Å². The van der Waals surface area contributed by atoms with Gasteiger partial charge in [0.15, 0.2) is 0 Å². The lowest BCUT2D eigenvalue weighted by Crippen LogP contribution is -2.35. The predicted molar refractivity (Wildman–Crippen MR) is 57.0 cm³/mol. The van der Waals surface area contributed by atoms with Gasteiger partial charge in [-0.05, 0) is 32.2 Å². The van der Waals surface area contributed by atoms with Crippen LogP contribution in [0.15, 0.2) is 17.5 Å². The molecule has 3 heteroatoms. The van der Waals surface area contributed by atoms with Crippen molar-refractivity contribution in [2.75, 3.05) is 6.54 Å². The van der Waals surface area contributed by atoms with Crippen LogP contribution in [0.2, 0.25) is 0 Å². The zero-order valence-electron chi connectivity index (χ0n) is 8.37. The van der Waals surface area contributed by atoms with Crippen LogP contribution in [0, 0.1) is 0 Å². The molecule has 0 radical (unpaired) electrons. The van der Waals surface area contributed by atoms with E-state index in [1.165, 1.54) is 4.88 Å². The summed E-state index contributed by atoms with van der Waals surface area (Å²) in [7, 11) is 0. The third-order valence-corrected chi connectivity index (χ3v) is 2.87. The minimum atomic E-state index is -0.633. The molecule has 0 spiro atoms. The molecule has 1 heterocycles. The molecule has 0 aliphatic rings. The summed E-state index contributed by atoms with van der Waals surface area (Å²) in [5, 5.41) is 14.9. The average molecular weight is 199 g/mol. The zero-order chi connectivity index (χ0) is 9.90. The van der Waals surface area contributed by atoms with Crippen molar-refractivity contribution in [3.05, 3.63) is 22.4 Å². The molecule has 2 N–H and O–H groups in total. The summed E-state index contributed by atoms with van der Waals surface area (Å²) in [5.41, 5.74) is -0.633. The van der Waals surface area contributed by atoms with Crippen LogP contribution in [0.5, 0.6) is 0 Å². The van der Waals surface area contributed by atoms with E-state index in [-0.39, 0.29) is 0 Å². The fraction of sp³-hybridized carbons (Fsp3) is 0.600. The van der Waals surface area contributed by atoms with Gasteiger partial charge >= 0.3 is 0 Å². The molecular formula is C10H17NOS. The molecule has 2 nitrogen and oxygen atoms in total. The zero-order valence-corrected chi connectivity index (χ0v) is 9.19. The van der Waals surface area contributed by atoms with E-state index in [4.69, 9.17) is 0 Å². The molecule has 0 saturated carbocycles. The van der Waals surface area contributed by atoms with Crippen molar-refractivity contribution in [2.24, 2.45) is 0 Å². The van der Waals surface area contributed by atoms with Gasteiger partial charge < -0.3 is 10.4 Å². The highest BCUT2D eigenvalue weighted by Gasteiger charge is 2.14. The summed E-state index contributed by atoms with van der Waals surface area (Å²) in [5.74, 6) is 0. The molecule has 0 aliphatic heterocycles. The average Bonchev–Trinajstić information content (AvgIpc) is 2.50. The molecule has 74 valence electrons. The third-order valence-electron chi connectivity index (χ3n) is 1.81. The van der Waals surface area contributed by atoms with Gasteiger partial charge in [-0.25, -0.2) is 0 Å². The Kier molecular flexibility index (Phi) is 3.47. The second kappa shape index (κ2) is 4.22. The van der Waals surface area contributed by atoms with Crippen LogP contribution in [0.1, 0.15) is 31.7 Å². The van der Waals surface area contributed by atoms with Crippen LogP contribution in [-0.4, -0.2) is 17.3 Å². The summed E-state index contributed by atoms with van der Waals surface area (Å²) in [4.78, 5) is 1.31. The summed E-state index contributed by atoms with van der Waals surface area (Å²) < 4.78 is 0. The summed E-state index contributed by atoms with van der Waals surface area (Å²) >= 11 is 1.74. The van der Waals surface area contributed by atoms with Crippen molar-refractivity contribution in [3.8, 4) is 0 Å². The van der Waals surface area contributed by atoms with E-state index in [0.29, 0.717) is 12.6 Å². The summed E-state index contributed by atoms with van der Waals surface area (Å²) in [6.45, 7) is 6.34. The first-order valence-electron chi connectivity index (χ1n) is 4.48. The van der Waals surface area contributed by atoms with Gasteiger partial charge in [-0.3, -0.25) is 0 Å². The molecule has 0 aromatic carbocycles. The molecule has 13 heavy (non-hydrogen) atoms. The Balaban J connectivity index is 2.39. The molecule has 0 fully saturated rings. The Morgan fingerprint density at radius 3 is 2.77 bits per heavy atom. The fourth-order valence-electron chi connectivity index (χ4n) is 1.04. The van der Waals surface area contributed by atoms with Crippen molar-refractivity contribution in [1.82, 2.24) is 5.32 Å². The Morgan fingerprint density at radius 1 is 1.62 bits per heavy atom. The quantitative estimate of drug-likeness (QED) is 0.779. The molecule has 0 aliphatic carbocycles. The van der Waals surface area contributed by atoms with Gasteiger partial charge in [0, 0.05) is 17.5 Å². The molecule has 1 aromatic heterocycles. The van der Waals surface area contributed by atoms with Crippen molar-refractivity contribution < 1.29 is 5.11 Å². The standard InChI is InChI=1S/C10H17NOS/c1-8(9-5-4-6-13-9)11-7-10(2,3)12/h4-6,8,11-12H,7H2,1-3H3/t8-/m1/s1. The van der Waals surface area contributed by atoms with E-state index in [2.05, 4.69) is 23.7 Å². The van der Waals surface area contributed by atoms with Crippen LogP contribution in [0.25, 0.3) is 0 Å². The minimum absolute atomic E-state index is 0.325. The topological polar surface area (TPSA) is 32.3 Å². The lowest BCUT2D eigenvalue weighted by Gasteiger charge is -2.20. The van der Waals surface area contributed by atoms with E-state index >= 15 is 0 Å². The van der Waals surface area contributed by atoms with Crippen LogP contribution in [-0.2, 0) is 0 Å². The van der Waals surface area contributed by atoms with Crippen LogP contribution >= 0.6 is 11.3 Å². The van der Waals surface area contributed by atoms with Gasteiger partial charge in [-0.15, -0.1) is 11.3 Å². The largest absolute Gasteiger partial charge is 0.389 e. The first-order valence-corrected chi connectivity index (χ1v) is 5.36. The smallest absolute Gasteiger partial charge is 0.0715 e. The summed E-state index contributed by atoms with van der Waals surface area (Å²) in [6.07, 6.45) is 0. The number of nitrogens with one attached hydrogen (secondary N) is 1. The monoisotopic (exact) mass is 199 g/mol. The van der Waals surface area contributed by atoms with E-state index in [9.17, 15) is 5.11 Å². The highest BCUT2D eigenvalue weighted by atomic mass is 32.1. The Labute approximate surface area is 83.6 Å². The van der Waals surface area contributed by atoms with E-state index in [0.717, 1.165) is 0 Å². The van der Waals surface area contributed by atoms with Crippen LogP contribution in [0.4, 0.5) is 0 Å². The second-order valence-corrected chi connectivity index (χ2v) is 4.91. The highest BCUT2D eigenvalue weighted by molar-refractivity contribution is 7.10. The molecule has 1 aromatic rings. The third kappa shape index (κ3) is 3.89. The maximum absolute atomic E-state index is 9.50. The van der Waals surface area contributed by atoms with Crippen molar-refractivity contribution in [1.29, 1.82) is 0 Å². The number of hydrogen-bond acceptors (Lipinski definition) is 3. The van der Waals surface area contributed by atoms with Gasteiger partial charge in [0.1, 0.15) is 0 Å². The molecular weight excluding hydrogens is 182 g/mol. The van der Waals surface area contributed by atoms with Crippen molar-refractivity contribution in [3.63, 3.8) is 0 Å². The Bertz CT molecular complexity index is 238. The Morgan fingerprint density at radius 2 is 2.31 bits per heavy atom. The van der Waals surface area contributed by atoms with Gasteiger partial charge in [0.2, 0.25) is 0 Å². The molecule has 0 saturated heterocycles. The highest BCUT2D eigenvalue weighted by Crippen LogP contribution is 2.18. The lowest BCUT2D eigenvalue weighted by molar-refractivity contribution is 0.0771. The molecule has 0 bridgehead atoms. The maximum atomic E-state index is 9.50. The fourth-order valence-corrected chi connectivity index (χ4v) is 1.80. The maximum Gasteiger partial charge on any atom is 0.0715 e. The molecule has 0 amide bonds. The minimum Gasteiger partial charge on any atom is -0.389 e. The van der Waals surface area contributed by atoms with Crippen LogP contribution in [0.3, 0.4) is 0 Å². The second-order valence-electron chi connectivity index (χ2n) is 3.93. The number of aliphatic hydroxyl groups is 1. The van der Waals surface area contributed by atoms with Gasteiger partial charge in [-0.1, -0.05) is 6.07 Å². The molecule has 1 rings (SSSR count).